The van der Waals surface area contributed by atoms with E-state index in [1.165, 1.54) is 11.3 Å². The third-order valence-corrected chi connectivity index (χ3v) is 6.89. The first kappa shape index (κ1) is 22.0. The lowest BCUT2D eigenvalue weighted by Crippen LogP contribution is -2.39. The van der Waals surface area contributed by atoms with Crippen LogP contribution in [0, 0.1) is 0 Å². The van der Waals surface area contributed by atoms with Crippen LogP contribution in [0.25, 0.3) is 20.7 Å². The van der Waals surface area contributed by atoms with Gasteiger partial charge in [0.25, 0.3) is 11.5 Å². The summed E-state index contributed by atoms with van der Waals surface area (Å²) in [5.41, 5.74) is 1.56. The van der Waals surface area contributed by atoms with Crippen molar-refractivity contribution in [2.24, 2.45) is 0 Å². The molecule has 0 saturated heterocycles. The molecule has 1 amide bonds. The van der Waals surface area contributed by atoms with Crippen molar-refractivity contribution in [1.29, 1.82) is 0 Å². The Morgan fingerprint density at radius 1 is 1.15 bits per heavy atom. The number of hydrogen-bond acceptors (Lipinski definition) is 7. The van der Waals surface area contributed by atoms with E-state index in [2.05, 4.69) is 10.3 Å². The first-order chi connectivity index (χ1) is 16.5. The number of ether oxygens (including phenoxy) is 1. The molecular weight excluding hydrogens is 452 g/mol. The second-order valence-corrected chi connectivity index (χ2v) is 9.12. The van der Waals surface area contributed by atoms with Gasteiger partial charge >= 0.3 is 0 Å². The number of aromatic nitrogens is 3. The number of Topliss-reactive ketones (excluding diaryl/α,β-unsaturated/α-hetero) is 1. The van der Waals surface area contributed by atoms with Crippen LogP contribution in [0.4, 0.5) is 5.69 Å². The number of carbonyl (C=O) groups is 2. The first-order valence-electron chi connectivity index (χ1n) is 11.0. The highest BCUT2D eigenvalue weighted by Crippen LogP contribution is 2.34. The van der Waals surface area contributed by atoms with E-state index in [0.29, 0.717) is 33.8 Å². The van der Waals surface area contributed by atoms with Crippen LogP contribution < -0.4 is 15.2 Å². The minimum atomic E-state index is -0.873. The van der Waals surface area contributed by atoms with Crippen LogP contribution in [0.15, 0.2) is 59.4 Å². The molecule has 9 heteroatoms. The number of amides is 1. The molecule has 0 bridgehead atoms. The number of carbonyl (C=O) groups excluding carboxylic acids is 2. The van der Waals surface area contributed by atoms with Crippen molar-refractivity contribution in [3.05, 3.63) is 70.5 Å². The second-order valence-electron chi connectivity index (χ2n) is 8.09. The van der Waals surface area contributed by atoms with Crippen molar-refractivity contribution in [2.75, 3.05) is 18.1 Å². The Kier molecular flexibility index (Phi) is 5.70. The van der Waals surface area contributed by atoms with Gasteiger partial charge in [-0.25, -0.2) is 0 Å². The van der Waals surface area contributed by atoms with Crippen LogP contribution in [0.5, 0.6) is 5.75 Å². The van der Waals surface area contributed by atoms with E-state index in [1.54, 1.807) is 36.1 Å². The highest BCUT2D eigenvalue weighted by Gasteiger charge is 2.28. The third-order valence-electron chi connectivity index (χ3n) is 5.82. The number of nitrogens with zero attached hydrogens (tertiary/aromatic N) is 4. The Balaban J connectivity index is 1.49. The predicted molar refractivity (Wildman–Crippen MR) is 131 cm³/mol. The maximum atomic E-state index is 13.3. The van der Waals surface area contributed by atoms with Gasteiger partial charge in [0, 0.05) is 17.0 Å². The number of anilines is 1. The molecule has 4 aromatic rings. The lowest BCUT2D eigenvalue weighted by molar-refractivity contribution is -0.121. The summed E-state index contributed by atoms with van der Waals surface area (Å²) in [6.07, 6.45) is 0.774. The smallest absolute Gasteiger partial charge is 0.279 e. The van der Waals surface area contributed by atoms with Gasteiger partial charge in [-0.15, -0.1) is 16.4 Å². The topological polar surface area (TPSA) is 94.4 Å². The molecular formula is C25H22N4O4S. The molecule has 0 aliphatic carbocycles. The van der Waals surface area contributed by atoms with E-state index < -0.39 is 6.04 Å². The van der Waals surface area contributed by atoms with Gasteiger partial charge in [-0.05, 0) is 43.2 Å². The van der Waals surface area contributed by atoms with E-state index in [1.807, 2.05) is 37.3 Å². The zero-order valence-corrected chi connectivity index (χ0v) is 19.5. The highest BCUT2D eigenvalue weighted by atomic mass is 32.1. The maximum Gasteiger partial charge on any atom is 0.279 e. The molecule has 0 radical (unpaired) electrons. The summed E-state index contributed by atoms with van der Waals surface area (Å²) in [6, 6.07) is 15.6. The maximum absolute atomic E-state index is 13.3. The van der Waals surface area contributed by atoms with E-state index in [4.69, 9.17) is 4.74 Å². The quantitative estimate of drug-likeness (QED) is 0.391. The molecule has 3 heterocycles. The fraction of sp³-hybridized carbons (Fsp3) is 0.240. The molecule has 5 rings (SSSR count). The molecule has 34 heavy (non-hydrogen) atoms. The van der Waals surface area contributed by atoms with Gasteiger partial charge in [0.2, 0.25) is 0 Å². The average Bonchev–Trinajstić information content (AvgIpc) is 3.31. The Morgan fingerprint density at radius 3 is 2.71 bits per heavy atom. The summed E-state index contributed by atoms with van der Waals surface area (Å²) < 4.78 is 6.64. The minimum absolute atomic E-state index is 0.0205. The van der Waals surface area contributed by atoms with Crippen LogP contribution in [0.3, 0.4) is 0 Å². The number of rotatable bonds is 6. The summed E-state index contributed by atoms with van der Waals surface area (Å²) in [5, 5.41) is 8.69. The fourth-order valence-corrected chi connectivity index (χ4v) is 5.01. The van der Waals surface area contributed by atoms with Crippen molar-refractivity contribution < 1.29 is 14.3 Å². The molecule has 1 atom stereocenters. The zero-order valence-electron chi connectivity index (χ0n) is 18.7. The Labute approximate surface area is 199 Å². The molecule has 1 unspecified atom stereocenters. The predicted octanol–water partition coefficient (Wildman–Crippen LogP) is 4.10. The summed E-state index contributed by atoms with van der Waals surface area (Å²) in [4.78, 5) is 41.9. The lowest BCUT2D eigenvalue weighted by Gasteiger charge is -2.29. The molecule has 8 nitrogen and oxygen atoms in total. The van der Waals surface area contributed by atoms with Crippen molar-refractivity contribution in [3.8, 4) is 16.2 Å². The molecule has 172 valence electrons. The summed E-state index contributed by atoms with van der Waals surface area (Å²) in [7, 11) is 0. The number of benzene rings is 2. The van der Waals surface area contributed by atoms with Crippen molar-refractivity contribution in [3.63, 3.8) is 0 Å². The van der Waals surface area contributed by atoms with Crippen LogP contribution in [0.2, 0.25) is 0 Å². The standard InChI is InChI=1S/C25H22N4O4S/c1-3-11-28-19-12-17(9-10-20(19)33-14-22(28)30)23(31)15(2)29-25(32)18-13-21(34-24(18)26-27-29)16-7-5-4-6-8-16/h4-10,12-13,15H,3,11,14H2,1-2H3. The van der Waals surface area contributed by atoms with Gasteiger partial charge < -0.3 is 9.64 Å². The van der Waals surface area contributed by atoms with Crippen LogP contribution >= 0.6 is 11.3 Å². The Bertz CT molecular complexity index is 1460. The highest BCUT2D eigenvalue weighted by molar-refractivity contribution is 7.21. The van der Waals surface area contributed by atoms with Crippen molar-refractivity contribution >= 4 is 38.9 Å². The van der Waals surface area contributed by atoms with Gasteiger partial charge in [-0.2, -0.15) is 4.68 Å². The molecule has 1 aliphatic rings. The van der Waals surface area contributed by atoms with Crippen molar-refractivity contribution in [1.82, 2.24) is 15.0 Å². The normalized spacial score (nSPS) is 14.1. The van der Waals surface area contributed by atoms with Crippen LogP contribution in [-0.2, 0) is 4.79 Å². The monoisotopic (exact) mass is 474 g/mol. The second kappa shape index (κ2) is 8.83. The molecule has 0 fully saturated rings. The number of thiophene rings is 1. The summed E-state index contributed by atoms with van der Waals surface area (Å²) >= 11 is 1.39. The van der Waals surface area contributed by atoms with Gasteiger partial charge in [0.05, 0.1) is 11.1 Å². The molecule has 0 spiro atoms. The molecule has 1 aliphatic heterocycles. The number of hydrogen-bond donors (Lipinski definition) is 0. The first-order valence-corrected chi connectivity index (χ1v) is 11.9. The van der Waals surface area contributed by atoms with Gasteiger partial charge in [-0.1, -0.05) is 42.5 Å². The largest absolute Gasteiger partial charge is 0.482 e. The van der Waals surface area contributed by atoms with Crippen LogP contribution in [0.1, 0.15) is 36.7 Å². The van der Waals surface area contributed by atoms with E-state index in [9.17, 15) is 14.4 Å². The lowest BCUT2D eigenvalue weighted by atomic mass is 10.0. The zero-order chi connectivity index (χ0) is 23.8. The van der Waals surface area contributed by atoms with Crippen molar-refractivity contribution in [2.45, 2.75) is 26.3 Å². The Hall–Kier alpha value is -3.85. The fourth-order valence-electron chi connectivity index (χ4n) is 4.04. The van der Waals surface area contributed by atoms with Gasteiger partial charge in [-0.3, -0.25) is 14.4 Å². The molecule has 2 aromatic heterocycles. The number of ketones is 1. The summed E-state index contributed by atoms with van der Waals surface area (Å²) in [6.45, 7) is 4.12. The van der Waals surface area contributed by atoms with Crippen LogP contribution in [-0.4, -0.2) is 39.8 Å². The molecule has 0 N–H and O–H groups in total. The molecule has 2 aromatic carbocycles. The minimum Gasteiger partial charge on any atom is -0.482 e. The van der Waals surface area contributed by atoms with E-state index in [-0.39, 0.29) is 23.9 Å². The van der Waals surface area contributed by atoms with E-state index >= 15 is 0 Å². The summed E-state index contributed by atoms with van der Waals surface area (Å²) in [5.74, 6) is 0.111. The average molecular weight is 475 g/mol. The SMILES string of the molecule is CCCN1C(=O)COc2ccc(C(=O)C(C)n3nnc4sc(-c5ccccc5)cc4c3=O)cc21. The molecule has 0 saturated carbocycles. The third kappa shape index (κ3) is 3.77. The van der Waals surface area contributed by atoms with E-state index in [0.717, 1.165) is 21.5 Å². The number of fused-ring (bicyclic) bond motifs is 2. The Morgan fingerprint density at radius 2 is 1.94 bits per heavy atom. The van der Waals surface area contributed by atoms with Gasteiger partial charge in [0.15, 0.2) is 17.2 Å². The van der Waals surface area contributed by atoms with Gasteiger partial charge in [0.1, 0.15) is 11.8 Å².